The van der Waals surface area contributed by atoms with Gasteiger partial charge in [-0.15, -0.1) is 0 Å². The van der Waals surface area contributed by atoms with Gasteiger partial charge >= 0.3 is 6.18 Å². The molecule has 1 aromatic carbocycles. The molecule has 1 saturated heterocycles. The number of nitrogens with zero attached hydrogens (tertiary/aromatic N) is 2. The van der Waals surface area contributed by atoms with Crippen molar-refractivity contribution in [2.45, 2.75) is 57.8 Å². The SMILES string of the molecule is C[C@@H]1CCCC[C@H]1NC(=O)[C@@H](C)N1CCN(c2cccc(C(F)(F)F)c2)CC1. The van der Waals surface area contributed by atoms with Gasteiger partial charge in [0.15, 0.2) is 0 Å². The van der Waals surface area contributed by atoms with Gasteiger partial charge in [-0.3, -0.25) is 9.69 Å². The maximum Gasteiger partial charge on any atom is 0.416 e. The van der Waals surface area contributed by atoms with Crippen LogP contribution in [-0.2, 0) is 11.0 Å². The van der Waals surface area contributed by atoms with Crippen LogP contribution in [0.4, 0.5) is 18.9 Å². The van der Waals surface area contributed by atoms with Gasteiger partial charge in [-0.2, -0.15) is 13.2 Å². The molecule has 1 saturated carbocycles. The zero-order chi connectivity index (χ0) is 20.3. The molecule has 2 aliphatic rings. The standard InChI is InChI=1S/C21H30F3N3O/c1-15-6-3-4-9-19(15)25-20(28)16(2)26-10-12-27(13-11-26)18-8-5-7-17(14-18)21(22,23)24/h5,7-8,14-16,19H,3-4,6,9-13H2,1-2H3,(H,25,28)/t15-,16-,19-/m1/s1. The number of alkyl halides is 3. The van der Waals surface area contributed by atoms with Gasteiger partial charge in [0.2, 0.25) is 5.91 Å². The second-order valence-corrected chi connectivity index (χ2v) is 8.12. The summed E-state index contributed by atoms with van der Waals surface area (Å²) in [7, 11) is 0. The van der Waals surface area contributed by atoms with Crippen LogP contribution in [0.3, 0.4) is 0 Å². The molecular formula is C21H30F3N3O. The Balaban J connectivity index is 1.54. The predicted molar refractivity (Wildman–Crippen MR) is 104 cm³/mol. The van der Waals surface area contributed by atoms with E-state index in [4.69, 9.17) is 0 Å². The first-order valence-electron chi connectivity index (χ1n) is 10.2. The lowest BCUT2D eigenvalue weighted by molar-refractivity contribution is -0.137. The highest BCUT2D eigenvalue weighted by Crippen LogP contribution is 2.32. The Morgan fingerprint density at radius 1 is 1.14 bits per heavy atom. The molecule has 3 rings (SSSR count). The second kappa shape index (κ2) is 8.72. The number of piperazine rings is 1. The first-order valence-corrected chi connectivity index (χ1v) is 10.2. The van der Waals surface area contributed by atoms with E-state index in [0.29, 0.717) is 37.8 Å². The minimum absolute atomic E-state index is 0.0614. The van der Waals surface area contributed by atoms with Crippen molar-refractivity contribution in [1.29, 1.82) is 0 Å². The van der Waals surface area contributed by atoms with E-state index >= 15 is 0 Å². The van der Waals surface area contributed by atoms with Crippen LogP contribution in [0.25, 0.3) is 0 Å². The average molecular weight is 397 g/mol. The van der Waals surface area contributed by atoms with E-state index in [0.717, 1.165) is 18.9 Å². The van der Waals surface area contributed by atoms with Gasteiger partial charge in [-0.1, -0.05) is 25.8 Å². The van der Waals surface area contributed by atoms with E-state index in [1.165, 1.54) is 25.0 Å². The number of halogens is 3. The molecule has 1 aliphatic heterocycles. The molecule has 1 heterocycles. The van der Waals surface area contributed by atoms with E-state index in [1.54, 1.807) is 6.07 Å². The van der Waals surface area contributed by atoms with E-state index < -0.39 is 11.7 Å². The van der Waals surface area contributed by atoms with Crippen LogP contribution in [0.1, 0.15) is 45.1 Å². The molecule has 1 aliphatic carbocycles. The monoisotopic (exact) mass is 397 g/mol. The first kappa shape index (κ1) is 21.0. The molecule has 156 valence electrons. The molecule has 28 heavy (non-hydrogen) atoms. The minimum atomic E-state index is -4.33. The van der Waals surface area contributed by atoms with Crippen molar-refractivity contribution in [1.82, 2.24) is 10.2 Å². The molecule has 7 heteroatoms. The van der Waals surface area contributed by atoms with Crippen molar-refractivity contribution in [2.75, 3.05) is 31.1 Å². The van der Waals surface area contributed by atoms with E-state index in [-0.39, 0.29) is 18.0 Å². The molecule has 1 aromatic rings. The van der Waals surface area contributed by atoms with Crippen LogP contribution < -0.4 is 10.2 Å². The van der Waals surface area contributed by atoms with Crippen LogP contribution in [0.2, 0.25) is 0 Å². The molecule has 4 nitrogen and oxygen atoms in total. The lowest BCUT2D eigenvalue weighted by Crippen LogP contribution is -2.55. The normalized spacial score (nSPS) is 25.4. The first-order chi connectivity index (χ1) is 13.3. The highest BCUT2D eigenvalue weighted by atomic mass is 19.4. The fourth-order valence-electron chi connectivity index (χ4n) is 4.25. The van der Waals surface area contributed by atoms with Crippen molar-refractivity contribution in [3.8, 4) is 0 Å². The van der Waals surface area contributed by atoms with Crippen LogP contribution in [-0.4, -0.2) is 49.1 Å². The topological polar surface area (TPSA) is 35.6 Å². The molecule has 1 amide bonds. The number of rotatable bonds is 4. The van der Waals surface area contributed by atoms with E-state index in [2.05, 4.69) is 17.1 Å². The zero-order valence-corrected chi connectivity index (χ0v) is 16.6. The maximum absolute atomic E-state index is 12.9. The largest absolute Gasteiger partial charge is 0.416 e. The zero-order valence-electron chi connectivity index (χ0n) is 16.6. The lowest BCUT2D eigenvalue weighted by Gasteiger charge is -2.39. The van der Waals surface area contributed by atoms with Crippen LogP contribution in [0, 0.1) is 5.92 Å². The summed E-state index contributed by atoms with van der Waals surface area (Å²) in [4.78, 5) is 16.7. The molecule has 2 fully saturated rings. The summed E-state index contributed by atoms with van der Waals surface area (Å²) in [6, 6.07) is 5.50. The third kappa shape index (κ3) is 4.99. The van der Waals surface area contributed by atoms with E-state index in [1.807, 2.05) is 11.8 Å². The fourth-order valence-corrected chi connectivity index (χ4v) is 4.25. The van der Waals surface area contributed by atoms with Gasteiger partial charge in [0.25, 0.3) is 0 Å². The smallest absolute Gasteiger partial charge is 0.369 e. The van der Waals surface area contributed by atoms with Crippen molar-refractivity contribution >= 4 is 11.6 Å². The Morgan fingerprint density at radius 3 is 2.46 bits per heavy atom. The molecule has 0 radical (unpaired) electrons. The molecule has 0 aromatic heterocycles. The van der Waals surface area contributed by atoms with E-state index in [9.17, 15) is 18.0 Å². The summed E-state index contributed by atoms with van der Waals surface area (Å²) in [6.07, 6.45) is 0.276. The average Bonchev–Trinajstić information content (AvgIpc) is 2.69. The Hall–Kier alpha value is -1.76. The Kier molecular flexibility index (Phi) is 6.53. The third-order valence-corrected chi connectivity index (χ3v) is 6.22. The lowest BCUT2D eigenvalue weighted by atomic mass is 9.86. The Labute approximate surface area is 165 Å². The number of hydrogen-bond donors (Lipinski definition) is 1. The molecule has 3 atom stereocenters. The van der Waals surface area contributed by atoms with Gasteiger partial charge in [0.1, 0.15) is 0 Å². The highest BCUT2D eigenvalue weighted by Gasteiger charge is 2.32. The van der Waals surface area contributed by atoms with Crippen LogP contribution >= 0.6 is 0 Å². The molecule has 0 unspecified atom stereocenters. The Morgan fingerprint density at radius 2 is 1.82 bits per heavy atom. The number of amides is 1. The van der Waals surface area contributed by atoms with Crippen molar-refractivity contribution in [2.24, 2.45) is 5.92 Å². The van der Waals surface area contributed by atoms with Crippen molar-refractivity contribution < 1.29 is 18.0 Å². The van der Waals surface area contributed by atoms with Gasteiger partial charge in [-0.05, 0) is 43.9 Å². The summed E-state index contributed by atoms with van der Waals surface area (Å²) in [5.74, 6) is 0.578. The summed E-state index contributed by atoms with van der Waals surface area (Å²) in [6.45, 7) is 6.65. The minimum Gasteiger partial charge on any atom is -0.369 e. The van der Waals surface area contributed by atoms with Crippen LogP contribution in [0.5, 0.6) is 0 Å². The predicted octanol–water partition coefficient (Wildman–Crippen LogP) is 3.91. The molecule has 1 N–H and O–H groups in total. The Bertz CT molecular complexity index is 671. The van der Waals surface area contributed by atoms with Gasteiger partial charge < -0.3 is 10.2 Å². The number of benzene rings is 1. The van der Waals surface area contributed by atoms with Crippen molar-refractivity contribution in [3.05, 3.63) is 29.8 Å². The number of carbonyl (C=O) groups is 1. The number of carbonyl (C=O) groups excluding carboxylic acids is 1. The highest BCUT2D eigenvalue weighted by molar-refractivity contribution is 5.81. The molecule has 0 bridgehead atoms. The van der Waals surface area contributed by atoms with Gasteiger partial charge in [0.05, 0.1) is 11.6 Å². The number of hydrogen-bond acceptors (Lipinski definition) is 3. The van der Waals surface area contributed by atoms with Gasteiger partial charge in [-0.25, -0.2) is 0 Å². The fraction of sp³-hybridized carbons (Fsp3) is 0.667. The maximum atomic E-state index is 12.9. The number of anilines is 1. The summed E-state index contributed by atoms with van der Waals surface area (Å²) < 4.78 is 38.8. The number of nitrogens with one attached hydrogen (secondary N) is 1. The van der Waals surface area contributed by atoms with Crippen LogP contribution in [0.15, 0.2) is 24.3 Å². The summed E-state index contributed by atoms with van der Waals surface area (Å²) in [5, 5.41) is 3.21. The van der Waals surface area contributed by atoms with Gasteiger partial charge in [0, 0.05) is 37.9 Å². The molecule has 0 spiro atoms. The summed E-state index contributed by atoms with van der Waals surface area (Å²) >= 11 is 0. The second-order valence-electron chi connectivity index (χ2n) is 8.12. The third-order valence-electron chi connectivity index (χ3n) is 6.22. The molecular weight excluding hydrogens is 367 g/mol. The summed E-state index contributed by atoms with van der Waals surface area (Å²) in [5.41, 5.74) is -0.0376. The quantitative estimate of drug-likeness (QED) is 0.837. The van der Waals surface area contributed by atoms with Crippen molar-refractivity contribution in [3.63, 3.8) is 0 Å².